The Kier molecular flexibility index (Phi) is 4.59. The number of phenols is 1. The zero-order valence-electron chi connectivity index (χ0n) is 11.4. The van der Waals surface area contributed by atoms with E-state index in [1.54, 1.807) is 12.1 Å². The fraction of sp³-hybridized carbons (Fsp3) is 0.500. The summed E-state index contributed by atoms with van der Waals surface area (Å²) < 4.78 is 5.15. The van der Waals surface area contributed by atoms with Gasteiger partial charge in [0.1, 0.15) is 11.4 Å². The van der Waals surface area contributed by atoms with Crippen LogP contribution in [-0.2, 0) is 4.74 Å². The number of carbonyl (C=O) groups excluding carboxylic acids is 1. The van der Waals surface area contributed by atoms with Crippen LogP contribution in [0, 0.1) is 0 Å². The number of hydrogen-bond acceptors (Lipinski definition) is 3. The fourth-order valence-electron chi connectivity index (χ4n) is 1.47. The van der Waals surface area contributed by atoms with Crippen molar-refractivity contribution in [2.75, 3.05) is 6.54 Å². The van der Waals surface area contributed by atoms with Crippen LogP contribution < -0.4 is 5.32 Å². The Hall–Kier alpha value is -1.71. The molecule has 2 N–H and O–H groups in total. The molecule has 4 heteroatoms. The summed E-state index contributed by atoms with van der Waals surface area (Å²) in [4.78, 5) is 11.5. The highest BCUT2D eigenvalue weighted by atomic mass is 16.6. The molecule has 1 atom stereocenters. The van der Waals surface area contributed by atoms with Crippen molar-refractivity contribution in [3.63, 3.8) is 0 Å². The average molecular weight is 251 g/mol. The molecule has 0 aliphatic rings. The van der Waals surface area contributed by atoms with Crippen molar-refractivity contribution in [2.45, 2.75) is 39.2 Å². The van der Waals surface area contributed by atoms with Crippen molar-refractivity contribution in [3.05, 3.63) is 29.8 Å². The van der Waals surface area contributed by atoms with Gasteiger partial charge in [0.2, 0.25) is 0 Å². The second-order valence-corrected chi connectivity index (χ2v) is 5.38. The summed E-state index contributed by atoms with van der Waals surface area (Å²) in [5, 5.41) is 11.9. The van der Waals surface area contributed by atoms with Crippen LogP contribution in [0.4, 0.5) is 4.79 Å². The SMILES string of the molecule is C[C@H](CNC(=O)OC(C)(C)C)c1ccc(O)cc1. The van der Waals surface area contributed by atoms with Gasteiger partial charge in [0, 0.05) is 6.54 Å². The topological polar surface area (TPSA) is 58.6 Å². The van der Waals surface area contributed by atoms with Crippen LogP contribution >= 0.6 is 0 Å². The van der Waals surface area contributed by atoms with E-state index in [0.717, 1.165) is 5.56 Å². The summed E-state index contributed by atoms with van der Waals surface area (Å²) in [6.45, 7) is 7.99. The van der Waals surface area contributed by atoms with Crippen molar-refractivity contribution in [1.82, 2.24) is 5.32 Å². The highest BCUT2D eigenvalue weighted by molar-refractivity contribution is 5.67. The Morgan fingerprint density at radius 3 is 2.39 bits per heavy atom. The van der Waals surface area contributed by atoms with Gasteiger partial charge in [0.05, 0.1) is 0 Å². The zero-order chi connectivity index (χ0) is 13.8. The molecule has 0 unspecified atom stereocenters. The number of rotatable bonds is 3. The Morgan fingerprint density at radius 2 is 1.89 bits per heavy atom. The second kappa shape index (κ2) is 5.76. The van der Waals surface area contributed by atoms with E-state index in [1.165, 1.54) is 0 Å². The van der Waals surface area contributed by atoms with Crippen LogP contribution in [0.3, 0.4) is 0 Å². The molecule has 0 aromatic heterocycles. The van der Waals surface area contributed by atoms with Crippen LogP contribution in [0.1, 0.15) is 39.2 Å². The first-order valence-electron chi connectivity index (χ1n) is 6.04. The summed E-state index contributed by atoms with van der Waals surface area (Å²) in [5.41, 5.74) is 0.579. The predicted octanol–water partition coefficient (Wildman–Crippen LogP) is 3.02. The summed E-state index contributed by atoms with van der Waals surface area (Å²) in [6, 6.07) is 6.96. The molecule has 0 heterocycles. The minimum atomic E-state index is -0.480. The molecule has 1 rings (SSSR count). The first-order chi connectivity index (χ1) is 8.28. The summed E-state index contributed by atoms with van der Waals surface area (Å²) in [5.74, 6) is 0.407. The molecule has 18 heavy (non-hydrogen) atoms. The first kappa shape index (κ1) is 14.4. The van der Waals surface area contributed by atoms with Crippen LogP contribution in [0.25, 0.3) is 0 Å². The molecule has 0 saturated heterocycles. The van der Waals surface area contributed by atoms with Crippen molar-refractivity contribution < 1.29 is 14.6 Å². The normalized spacial score (nSPS) is 12.9. The third-order valence-electron chi connectivity index (χ3n) is 2.41. The van der Waals surface area contributed by atoms with E-state index in [-0.39, 0.29) is 11.7 Å². The maximum Gasteiger partial charge on any atom is 0.407 e. The number of phenolic OH excluding ortho intramolecular Hbond substituents is 1. The van der Waals surface area contributed by atoms with Crippen molar-refractivity contribution in [1.29, 1.82) is 0 Å². The van der Waals surface area contributed by atoms with Crippen molar-refractivity contribution in [3.8, 4) is 5.75 Å². The van der Waals surface area contributed by atoms with Crippen LogP contribution in [0.2, 0.25) is 0 Å². The lowest BCUT2D eigenvalue weighted by atomic mass is 10.0. The molecule has 1 amide bonds. The molecule has 0 fully saturated rings. The minimum absolute atomic E-state index is 0.165. The van der Waals surface area contributed by atoms with E-state index in [9.17, 15) is 9.90 Å². The van der Waals surface area contributed by atoms with Gasteiger partial charge in [-0.05, 0) is 44.4 Å². The number of ether oxygens (including phenoxy) is 1. The third-order valence-corrected chi connectivity index (χ3v) is 2.41. The van der Waals surface area contributed by atoms with Gasteiger partial charge in [-0.3, -0.25) is 0 Å². The molecule has 0 radical (unpaired) electrons. The lowest BCUT2D eigenvalue weighted by molar-refractivity contribution is 0.0525. The molecule has 4 nitrogen and oxygen atoms in total. The number of amides is 1. The van der Waals surface area contributed by atoms with E-state index in [1.807, 2.05) is 39.8 Å². The molecular weight excluding hydrogens is 230 g/mol. The molecule has 0 bridgehead atoms. The minimum Gasteiger partial charge on any atom is -0.508 e. The molecule has 1 aromatic rings. The lowest BCUT2D eigenvalue weighted by Crippen LogP contribution is -2.34. The summed E-state index contributed by atoms with van der Waals surface area (Å²) >= 11 is 0. The molecule has 0 spiro atoms. The van der Waals surface area contributed by atoms with E-state index in [0.29, 0.717) is 6.54 Å². The van der Waals surface area contributed by atoms with Gasteiger partial charge >= 0.3 is 6.09 Å². The van der Waals surface area contributed by atoms with Crippen molar-refractivity contribution >= 4 is 6.09 Å². The third kappa shape index (κ3) is 5.08. The average Bonchev–Trinajstić information content (AvgIpc) is 2.24. The number of hydrogen-bond donors (Lipinski definition) is 2. The quantitative estimate of drug-likeness (QED) is 0.868. The molecular formula is C14H21NO3. The second-order valence-electron chi connectivity index (χ2n) is 5.38. The molecule has 0 saturated carbocycles. The number of aromatic hydroxyl groups is 1. The highest BCUT2D eigenvalue weighted by Gasteiger charge is 2.16. The Bertz CT molecular complexity index is 392. The fourth-order valence-corrected chi connectivity index (χ4v) is 1.47. The Balaban J connectivity index is 2.44. The van der Waals surface area contributed by atoms with Gasteiger partial charge in [-0.25, -0.2) is 4.79 Å². The van der Waals surface area contributed by atoms with E-state index >= 15 is 0 Å². The number of benzene rings is 1. The number of alkyl carbamates (subject to hydrolysis) is 1. The van der Waals surface area contributed by atoms with Gasteiger partial charge in [0.15, 0.2) is 0 Å². The number of carbonyl (C=O) groups is 1. The Labute approximate surface area is 108 Å². The largest absolute Gasteiger partial charge is 0.508 e. The maximum absolute atomic E-state index is 11.5. The molecule has 1 aromatic carbocycles. The van der Waals surface area contributed by atoms with Crippen molar-refractivity contribution in [2.24, 2.45) is 0 Å². The Morgan fingerprint density at radius 1 is 1.33 bits per heavy atom. The molecule has 0 aliphatic heterocycles. The van der Waals surface area contributed by atoms with E-state index in [2.05, 4.69) is 5.32 Å². The van der Waals surface area contributed by atoms with Gasteiger partial charge < -0.3 is 15.2 Å². The van der Waals surface area contributed by atoms with E-state index < -0.39 is 11.7 Å². The van der Waals surface area contributed by atoms with Gasteiger partial charge in [-0.1, -0.05) is 19.1 Å². The van der Waals surface area contributed by atoms with Gasteiger partial charge in [-0.2, -0.15) is 0 Å². The van der Waals surface area contributed by atoms with Gasteiger partial charge in [0.25, 0.3) is 0 Å². The molecule has 100 valence electrons. The highest BCUT2D eigenvalue weighted by Crippen LogP contribution is 2.17. The van der Waals surface area contributed by atoms with Crippen LogP contribution in [0.15, 0.2) is 24.3 Å². The van der Waals surface area contributed by atoms with Crippen LogP contribution in [0.5, 0.6) is 5.75 Å². The zero-order valence-corrected chi connectivity index (χ0v) is 11.4. The maximum atomic E-state index is 11.5. The summed E-state index contributed by atoms with van der Waals surface area (Å²) in [6.07, 6.45) is -0.409. The smallest absolute Gasteiger partial charge is 0.407 e. The number of nitrogens with one attached hydrogen (secondary N) is 1. The van der Waals surface area contributed by atoms with Crippen LogP contribution in [-0.4, -0.2) is 23.3 Å². The first-order valence-corrected chi connectivity index (χ1v) is 6.04. The summed E-state index contributed by atoms with van der Waals surface area (Å²) in [7, 11) is 0. The predicted molar refractivity (Wildman–Crippen MR) is 70.8 cm³/mol. The standard InChI is InChI=1S/C14H21NO3/c1-10(11-5-7-12(16)8-6-11)9-15-13(17)18-14(2,3)4/h5-8,10,16H,9H2,1-4H3,(H,15,17)/t10-/m1/s1. The van der Waals surface area contributed by atoms with Gasteiger partial charge in [-0.15, -0.1) is 0 Å². The lowest BCUT2D eigenvalue weighted by Gasteiger charge is -2.21. The molecule has 0 aliphatic carbocycles. The monoisotopic (exact) mass is 251 g/mol. The van der Waals surface area contributed by atoms with E-state index in [4.69, 9.17) is 4.74 Å².